The van der Waals surface area contributed by atoms with Gasteiger partial charge in [0.15, 0.2) is 15.9 Å². The number of hydrogen-bond donors (Lipinski definition) is 3. The summed E-state index contributed by atoms with van der Waals surface area (Å²) in [6, 6.07) is -0.535. The van der Waals surface area contributed by atoms with Crippen LogP contribution in [0.1, 0.15) is 6.42 Å². The number of carbonyl (C=O) groups is 2. The van der Waals surface area contributed by atoms with Crippen LogP contribution >= 0.6 is 0 Å². The highest BCUT2D eigenvalue weighted by atomic mass is 32.2. The zero-order valence-electron chi connectivity index (χ0n) is 10.6. The number of methoxy groups -OCH3 is 1. The van der Waals surface area contributed by atoms with Gasteiger partial charge in [0.05, 0.1) is 18.1 Å². The summed E-state index contributed by atoms with van der Waals surface area (Å²) in [5.74, 6) is -0.993. The SMILES string of the molecule is COC(CNC(=O)NCC1CCS(=O)(=O)C1)C(=O)O. The van der Waals surface area contributed by atoms with Crippen LogP contribution < -0.4 is 10.6 Å². The van der Waals surface area contributed by atoms with Gasteiger partial charge in [0, 0.05) is 13.7 Å². The van der Waals surface area contributed by atoms with E-state index in [1.54, 1.807) is 0 Å². The summed E-state index contributed by atoms with van der Waals surface area (Å²) in [6.07, 6.45) is -0.559. The number of carboxylic acids is 1. The molecule has 1 fully saturated rings. The van der Waals surface area contributed by atoms with Crippen LogP contribution in [0.4, 0.5) is 4.79 Å². The van der Waals surface area contributed by atoms with Gasteiger partial charge in [0.25, 0.3) is 0 Å². The molecule has 0 bridgehead atoms. The number of nitrogens with one attached hydrogen (secondary N) is 2. The molecule has 2 amide bonds. The Labute approximate surface area is 111 Å². The first-order valence-corrected chi connectivity index (χ1v) is 7.64. The van der Waals surface area contributed by atoms with Gasteiger partial charge in [-0.05, 0) is 12.3 Å². The van der Waals surface area contributed by atoms with Crippen LogP contribution in [0.5, 0.6) is 0 Å². The van der Waals surface area contributed by atoms with Gasteiger partial charge in [0.1, 0.15) is 0 Å². The maximum absolute atomic E-state index is 11.4. The molecule has 1 aliphatic rings. The Morgan fingerprint density at radius 3 is 2.58 bits per heavy atom. The Morgan fingerprint density at radius 1 is 1.42 bits per heavy atom. The third kappa shape index (κ3) is 5.43. The molecular weight excluding hydrogens is 276 g/mol. The summed E-state index contributed by atoms with van der Waals surface area (Å²) in [4.78, 5) is 22.0. The van der Waals surface area contributed by atoms with E-state index in [1.807, 2.05) is 0 Å². The second-order valence-corrected chi connectivity index (χ2v) is 6.65. The van der Waals surface area contributed by atoms with Crippen LogP contribution in [-0.4, -0.2) is 63.3 Å². The number of carbonyl (C=O) groups excluding carboxylic acids is 1. The van der Waals surface area contributed by atoms with Crippen molar-refractivity contribution >= 4 is 21.8 Å². The fraction of sp³-hybridized carbons (Fsp3) is 0.800. The number of amides is 2. The van der Waals surface area contributed by atoms with Crippen LogP contribution in [0.2, 0.25) is 0 Å². The van der Waals surface area contributed by atoms with Crippen LogP contribution in [0.25, 0.3) is 0 Å². The minimum absolute atomic E-state index is 0.0755. The summed E-state index contributed by atoms with van der Waals surface area (Å²) in [5, 5.41) is 13.6. The van der Waals surface area contributed by atoms with Gasteiger partial charge >= 0.3 is 12.0 Å². The Balaban J connectivity index is 2.23. The highest BCUT2D eigenvalue weighted by molar-refractivity contribution is 7.91. The topological polar surface area (TPSA) is 122 Å². The van der Waals surface area contributed by atoms with E-state index >= 15 is 0 Å². The van der Waals surface area contributed by atoms with Gasteiger partial charge in [-0.2, -0.15) is 0 Å². The zero-order valence-corrected chi connectivity index (χ0v) is 11.4. The van der Waals surface area contributed by atoms with E-state index in [9.17, 15) is 18.0 Å². The van der Waals surface area contributed by atoms with Gasteiger partial charge in [-0.25, -0.2) is 18.0 Å². The molecule has 0 spiro atoms. The lowest BCUT2D eigenvalue weighted by atomic mass is 10.1. The predicted molar refractivity (Wildman–Crippen MR) is 66.6 cm³/mol. The molecule has 110 valence electrons. The maximum atomic E-state index is 11.4. The molecular formula is C10H18N2O6S. The van der Waals surface area contributed by atoms with E-state index in [0.717, 1.165) is 0 Å². The Morgan fingerprint density at radius 2 is 2.11 bits per heavy atom. The van der Waals surface area contributed by atoms with Gasteiger partial charge in [-0.1, -0.05) is 0 Å². The molecule has 2 unspecified atom stereocenters. The molecule has 2 atom stereocenters. The molecule has 0 saturated carbocycles. The summed E-state index contributed by atoms with van der Waals surface area (Å²) in [7, 11) is -1.72. The van der Waals surface area contributed by atoms with Crippen LogP contribution in [0.15, 0.2) is 0 Å². The van der Waals surface area contributed by atoms with Crippen LogP contribution in [0.3, 0.4) is 0 Å². The first-order valence-electron chi connectivity index (χ1n) is 5.82. The monoisotopic (exact) mass is 294 g/mol. The number of ether oxygens (including phenoxy) is 1. The molecule has 3 N–H and O–H groups in total. The van der Waals surface area contributed by atoms with Crippen molar-refractivity contribution in [3.05, 3.63) is 0 Å². The van der Waals surface area contributed by atoms with Crippen molar-refractivity contribution in [2.24, 2.45) is 5.92 Å². The average molecular weight is 294 g/mol. The number of carboxylic acid groups (broad SMARTS) is 1. The van der Waals surface area contributed by atoms with E-state index < -0.39 is 27.9 Å². The van der Waals surface area contributed by atoms with Crippen molar-refractivity contribution in [2.75, 3.05) is 31.7 Å². The third-order valence-electron chi connectivity index (χ3n) is 2.89. The minimum atomic E-state index is -2.95. The molecule has 0 radical (unpaired) electrons. The molecule has 1 rings (SSSR count). The minimum Gasteiger partial charge on any atom is -0.479 e. The standard InChI is InChI=1S/C10H18N2O6S/c1-18-8(9(13)14)5-12-10(15)11-4-7-2-3-19(16,17)6-7/h7-8H,2-6H2,1H3,(H,13,14)(H2,11,12,15). The number of aliphatic carboxylic acids is 1. The third-order valence-corrected chi connectivity index (χ3v) is 4.72. The fourth-order valence-electron chi connectivity index (χ4n) is 1.79. The molecule has 8 nitrogen and oxygen atoms in total. The van der Waals surface area contributed by atoms with Gasteiger partial charge in [0.2, 0.25) is 0 Å². The van der Waals surface area contributed by atoms with Crippen molar-refractivity contribution in [3.8, 4) is 0 Å². The van der Waals surface area contributed by atoms with Crippen molar-refractivity contribution in [1.82, 2.24) is 10.6 Å². The van der Waals surface area contributed by atoms with Crippen molar-refractivity contribution < 1.29 is 27.9 Å². The molecule has 0 aromatic carbocycles. The number of hydrogen-bond acceptors (Lipinski definition) is 5. The molecule has 1 saturated heterocycles. The first kappa shape index (κ1) is 15.7. The highest BCUT2D eigenvalue weighted by Gasteiger charge is 2.28. The second kappa shape index (κ2) is 6.71. The maximum Gasteiger partial charge on any atom is 0.334 e. The quantitative estimate of drug-likeness (QED) is 0.567. The Kier molecular flexibility index (Phi) is 5.55. The fourth-order valence-corrected chi connectivity index (χ4v) is 3.65. The largest absolute Gasteiger partial charge is 0.479 e. The lowest BCUT2D eigenvalue weighted by molar-refractivity contribution is -0.147. The molecule has 1 aliphatic heterocycles. The smallest absolute Gasteiger partial charge is 0.334 e. The van der Waals surface area contributed by atoms with Crippen molar-refractivity contribution in [3.63, 3.8) is 0 Å². The number of urea groups is 1. The zero-order chi connectivity index (χ0) is 14.5. The molecule has 0 aliphatic carbocycles. The van der Waals surface area contributed by atoms with E-state index in [1.165, 1.54) is 7.11 Å². The molecule has 19 heavy (non-hydrogen) atoms. The van der Waals surface area contributed by atoms with Crippen molar-refractivity contribution in [2.45, 2.75) is 12.5 Å². The van der Waals surface area contributed by atoms with E-state index in [0.29, 0.717) is 6.42 Å². The normalized spacial score (nSPS) is 22.7. The van der Waals surface area contributed by atoms with E-state index in [4.69, 9.17) is 5.11 Å². The lowest BCUT2D eigenvalue weighted by Crippen LogP contribution is -2.44. The van der Waals surface area contributed by atoms with E-state index in [-0.39, 0.29) is 30.5 Å². The predicted octanol–water partition coefficient (Wildman–Crippen LogP) is -1.18. The van der Waals surface area contributed by atoms with Gasteiger partial charge in [-0.3, -0.25) is 0 Å². The van der Waals surface area contributed by atoms with Crippen molar-refractivity contribution in [1.29, 1.82) is 0 Å². The number of rotatable bonds is 6. The Hall–Kier alpha value is -1.35. The van der Waals surface area contributed by atoms with Crippen LogP contribution in [-0.2, 0) is 19.4 Å². The molecule has 1 heterocycles. The summed E-state index contributed by atoms with van der Waals surface area (Å²) in [5.41, 5.74) is 0. The Bertz CT molecular complexity index is 435. The average Bonchev–Trinajstić information content (AvgIpc) is 2.67. The summed E-state index contributed by atoms with van der Waals surface area (Å²) in [6.45, 7) is 0.108. The summed E-state index contributed by atoms with van der Waals surface area (Å²) < 4.78 is 27.1. The second-order valence-electron chi connectivity index (χ2n) is 4.42. The molecule has 9 heteroatoms. The van der Waals surface area contributed by atoms with E-state index in [2.05, 4.69) is 15.4 Å². The molecule has 0 aromatic rings. The van der Waals surface area contributed by atoms with Gasteiger partial charge in [-0.15, -0.1) is 0 Å². The molecule has 0 aromatic heterocycles. The highest BCUT2D eigenvalue weighted by Crippen LogP contribution is 2.17. The van der Waals surface area contributed by atoms with Crippen LogP contribution in [0, 0.1) is 5.92 Å². The first-order chi connectivity index (χ1) is 8.84. The lowest BCUT2D eigenvalue weighted by Gasteiger charge is -2.13. The number of sulfone groups is 1. The summed E-state index contributed by atoms with van der Waals surface area (Å²) >= 11 is 0. The van der Waals surface area contributed by atoms with Gasteiger partial charge < -0.3 is 20.5 Å².